The van der Waals surface area contributed by atoms with Crippen molar-refractivity contribution in [3.05, 3.63) is 14.5 Å². The van der Waals surface area contributed by atoms with Crippen LogP contribution in [0.5, 0.6) is 0 Å². The molecule has 1 heterocycles. The van der Waals surface area contributed by atoms with Gasteiger partial charge in [-0.25, -0.2) is 0 Å². The fraction of sp³-hybridized carbons (Fsp3) is 0.667. The van der Waals surface area contributed by atoms with E-state index in [1.165, 1.54) is 11.3 Å². The van der Waals surface area contributed by atoms with E-state index in [1.807, 2.05) is 6.92 Å². The van der Waals surface area contributed by atoms with E-state index in [2.05, 4.69) is 10.3 Å². The number of aliphatic hydroxyl groups excluding tert-OH is 1. The van der Waals surface area contributed by atoms with Crippen LogP contribution in [0.15, 0.2) is 0 Å². The van der Waals surface area contributed by atoms with E-state index >= 15 is 0 Å². The maximum absolute atomic E-state index is 11.8. The zero-order chi connectivity index (χ0) is 13.2. The molecule has 0 aromatic carbocycles. The van der Waals surface area contributed by atoms with Crippen LogP contribution in [0, 0.1) is 16.3 Å². The summed E-state index contributed by atoms with van der Waals surface area (Å²) in [7, 11) is 0. The van der Waals surface area contributed by atoms with Crippen LogP contribution >= 0.6 is 23.6 Å². The van der Waals surface area contributed by atoms with Crippen LogP contribution in [0.25, 0.3) is 0 Å². The number of aromatic nitrogens is 1. The van der Waals surface area contributed by atoms with Gasteiger partial charge in [-0.2, -0.15) is 0 Å². The van der Waals surface area contributed by atoms with Crippen molar-refractivity contribution in [3.8, 4) is 0 Å². The monoisotopic (exact) mass is 286 g/mol. The molecule has 1 aliphatic rings. The molecule has 1 aromatic rings. The summed E-state index contributed by atoms with van der Waals surface area (Å²) in [5.74, 6) is 0.0348. The van der Waals surface area contributed by atoms with Crippen molar-refractivity contribution in [2.75, 3.05) is 13.2 Å². The number of hydrogen-bond donors (Lipinski definition) is 3. The first-order valence-corrected chi connectivity index (χ1v) is 7.33. The first-order valence-electron chi connectivity index (χ1n) is 6.11. The van der Waals surface area contributed by atoms with Crippen molar-refractivity contribution in [1.29, 1.82) is 0 Å². The molecule has 18 heavy (non-hydrogen) atoms. The molecule has 2 rings (SSSR count). The summed E-state index contributed by atoms with van der Waals surface area (Å²) in [4.78, 5) is 15.9. The molecule has 3 N–H and O–H groups in total. The predicted molar refractivity (Wildman–Crippen MR) is 74.3 cm³/mol. The highest BCUT2D eigenvalue weighted by molar-refractivity contribution is 7.73. The van der Waals surface area contributed by atoms with Crippen molar-refractivity contribution >= 4 is 29.5 Å². The number of aliphatic hydroxyl groups is 1. The first-order chi connectivity index (χ1) is 8.54. The molecule has 0 atom stereocenters. The van der Waals surface area contributed by atoms with Crippen LogP contribution in [-0.2, 0) is 11.2 Å². The predicted octanol–water partition coefficient (Wildman–Crippen LogP) is 1.94. The molecular weight excluding hydrogens is 268 g/mol. The van der Waals surface area contributed by atoms with E-state index in [4.69, 9.17) is 17.3 Å². The van der Waals surface area contributed by atoms with Crippen molar-refractivity contribution in [1.82, 2.24) is 10.3 Å². The number of amides is 1. The minimum Gasteiger partial charge on any atom is -0.396 e. The van der Waals surface area contributed by atoms with E-state index < -0.39 is 0 Å². The molecule has 4 nitrogen and oxygen atoms in total. The minimum atomic E-state index is 0.0348. The number of nitrogens with one attached hydrogen (secondary N) is 2. The lowest BCUT2D eigenvalue weighted by molar-refractivity contribution is -0.120. The number of rotatable bonds is 6. The number of carbonyl (C=O) groups is 1. The van der Waals surface area contributed by atoms with Gasteiger partial charge >= 0.3 is 0 Å². The van der Waals surface area contributed by atoms with E-state index in [0.717, 1.165) is 29.8 Å². The van der Waals surface area contributed by atoms with Gasteiger partial charge in [-0.3, -0.25) is 4.79 Å². The highest BCUT2D eigenvalue weighted by Crippen LogP contribution is 2.47. The standard InChI is InChI=1S/C12H18N2O2S2/c1-8-9(18-11(17)14-8)6-10(16)13-7-12(2-3-12)4-5-15/h15H,2-7H2,1H3,(H,13,16)(H,14,17). The highest BCUT2D eigenvalue weighted by atomic mass is 32.1. The Bertz CT molecular complexity index is 489. The Labute approximate surface area is 115 Å². The minimum absolute atomic E-state index is 0.0348. The van der Waals surface area contributed by atoms with Gasteiger partial charge in [0.25, 0.3) is 0 Å². The summed E-state index contributed by atoms with van der Waals surface area (Å²) in [5, 5.41) is 11.9. The molecule has 0 unspecified atom stereocenters. The maximum Gasteiger partial charge on any atom is 0.225 e. The summed E-state index contributed by atoms with van der Waals surface area (Å²) >= 11 is 6.51. The third-order valence-corrected chi connectivity index (χ3v) is 4.84. The zero-order valence-corrected chi connectivity index (χ0v) is 12.0. The molecule has 0 spiro atoms. The van der Waals surface area contributed by atoms with Crippen LogP contribution in [0.4, 0.5) is 0 Å². The number of aryl methyl sites for hydroxylation is 1. The Balaban J connectivity index is 1.82. The second-order valence-corrected chi connectivity index (χ2v) is 6.76. The van der Waals surface area contributed by atoms with Gasteiger partial charge in [0.2, 0.25) is 5.91 Å². The maximum atomic E-state index is 11.8. The lowest BCUT2D eigenvalue weighted by Gasteiger charge is -2.14. The summed E-state index contributed by atoms with van der Waals surface area (Å²) in [6.45, 7) is 2.82. The van der Waals surface area contributed by atoms with Crippen molar-refractivity contribution < 1.29 is 9.90 Å². The first kappa shape index (κ1) is 13.7. The average Bonchev–Trinajstić information content (AvgIpc) is 2.99. The van der Waals surface area contributed by atoms with Crippen LogP contribution in [0.2, 0.25) is 0 Å². The summed E-state index contributed by atoms with van der Waals surface area (Å²) in [5.41, 5.74) is 1.15. The Kier molecular flexibility index (Phi) is 4.19. The Morgan fingerprint density at radius 1 is 1.61 bits per heavy atom. The summed E-state index contributed by atoms with van der Waals surface area (Å²) < 4.78 is 0.717. The lowest BCUT2D eigenvalue weighted by atomic mass is 10.0. The van der Waals surface area contributed by atoms with E-state index in [9.17, 15) is 4.79 Å². The molecule has 0 aliphatic heterocycles. The normalized spacial score (nSPS) is 16.6. The topological polar surface area (TPSA) is 65.1 Å². The van der Waals surface area contributed by atoms with Gasteiger partial charge in [0, 0.05) is 23.7 Å². The van der Waals surface area contributed by atoms with Gasteiger partial charge in [-0.15, -0.1) is 11.3 Å². The van der Waals surface area contributed by atoms with Gasteiger partial charge in [0.1, 0.15) is 0 Å². The van der Waals surface area contributed by atoms with Crippen LogP contribution in [0.3, 0.4) is 0 Å². The SMILES string of the molecule is Cc1[nH]c(=S)sc1CC(=O)NCC1(CCO)CC1. The highest BCUT2D eigenvalue weighted by Gasteiger charge is 2.41. The van der Waals surface area contributed by atoms with Crippen molar-refractivity contribution in [2.24, 2.45) is 5.41 Å². The molecule has 100 valence electrons. The average molecular weight is 286 g/mol. The van der Waals surface area contributed by atoms with Crippen LogP contribution < -0.4 is 5.32 Å². The molecular formula is C12H18N2O2S2. The van der Waals surface area contributed by atoms with E-state index in [1.54, 1.807) is 0 Å². The fourth-order valence-electron chi connectivity index (χ4n) is 2.03. The van der Waals surface area contributed by atoms with E-state index in [0.29, 0.717) is 16.9 Å². The molecule has 6 heteroatoms. The number of hydrogen-bond acceptors (Lipinski definition) is 4. The Morgan fingerprint density at radius 3 is 2.83 bits per heavy atom. The zero-order valence-electron chi connectivity index (χ0n) is 10.4. The van der Waals surface area contributed by atoms with Crippen molar-refractivity contribution in [2.45, 2.75) is 32.6 Å². The van der Waals surface area contributed by atoms with Gasteiger partial charge in [-0.05, 0) is 43.8 Å². The number of H-pyrrole nitrogens is 1. The number of aromatic amines is 1. The smallest absolute Gasteiger partial charge is 0.225 e. The van der Waals surface area contributed by atoms with Gasteiger partial charge in [-0.1, -0.05) is 0 Å². The van der Waals surface area contributed by atoms with Crippen molar-refractivity contribution in [3.63, 3.8) is 0 Å². The lowest BCUT2D eigenvalue weighted by Crippen LogP contribution is -2.31. The summed E-state index contributed by atoms with van der Waals surface area (Å²) in [6.07, 6.45) is 3.39. The number of thiazole rings is 1. The summed E-state index contributed by atoms with van der Waals surface area (Å²) in [6, 6.07) is 0. The molecule has 1 amide bonds. The second-order valence-electron chi connectivity index (χ2n) is 4.99. The second kappa shape index (κ2) is 5.50. The molecule has 1 saturated carbocycles. The fourth-order valence-corrected chi connectivity index (χ4v) is 3.32. The molecule has 1 aliphatic carbocycles. The molecule has 0 bridgehead atoms. The Morgan fingerprint density at radius 2 is 2.33 bits per heavy atom. The molecule has 1 aromatic heterocycles. The number of carbonyl (C=O) groups excluding carboxylic acids is 1. The van der Waals surface area contributed by atoms with Gasteiger partial charge < -0.3 is 15.4 Å². The largest absolute Gasteiger partial charge is 0.396 e. The third-order valence-electron chi connectivity index (χ3n) is 3.50. The molecule has 0 radical (unpaired) electrons. The quantitative estimate of drug-likeness (QED) is 0.700. The van der Waals surface area contributed by atoms with Crippen LogP contribution in [-0.4, -0.2) is 29.1 Å². The third kappa shape index (κ3) is 3.40. The molecule has 0 saturated heterocycles. The molecule has 1 fully saturated rings. The van der Waals surface area contributed by atoms with Gasteiger partial charge in [0.15, 0.2) is 3.95 Å². The van der Waals surface area contributed by atoms with E-state index in [-0.39, 0.29) is 17.9 Å². The Hall–Kier alpha value is -0.720. The van der Waals surface area contributed by atoms with Gasteiger partial charge in [0.05, 0.1) is 6.42 Å². The van der Waals surface area contributed by atoms with Crippen LogP contribution in [0.1, 0.15) is 29.8 Å².